The number of benzene rings is 3. The molecule has 160 valence electrons. The van der Waals surface area contributed by atoms with Crippen LogP contribution in [0.15, 0.2) is 77.7 Å². The van der Waals surface area contributed by atoms with E-state index in [2.05, 4.69) is 10.6 Å². The maximum atomic E-state index is 12.4. The molecular weight excluding hydrogens is 412 g/mol. The monoisotopic (exact) mass is 436 g/mol. The van der Waals surface area contributed by atoms with Crippen molar-refractivity contribution in [2.45, 2.75) is 11.3 Å². The van der Waals surface area contributed by atoms with Crippen LogP contribution in [0.2, 0.25) is 0 Å². The Labute approximate surface area is 186 Å². The molecule has 7 heteroatoms. The molecule has 0 aliphatic rings. The minimum atomic E-state index is -0.156. The highest BCUT2D eigenvalue weighted by Crippen LogP contribution is 2.29. The number of anilines is 2. The van der Waals surface area contributed by atoms with E-state index in [-0.39, 0.29) is 17.6 Å². The predicted molar refractivity (Wildman–Crippen MR) is 124 cm³/mol. The number of thioether (sulfide) groups is 1. The molecule has 0 heterocycles. The Morgan fingerprint density at radius 1 is 0.839 bits per heavy atom. The van der Waals surface area contributed by atoms with E-state index < -0.39 is 0 Å². The van der Waals surface area contributed by atoms with Gasteiger partial charge in [0.15, 0.2) is 0 Å². The highest BCUT2D eigenvalue weighted by atomic mass is 32.2. The van der Waals surface area contributed by atoms with Gasteiger partial charge in [-0.2, -0.15) is 0 Å². The van der Waals surface area contributed by atoms with Crippen LogP contribution in [0.5, 0.6) is 11.5 Å². The molecule has 31 heavy (non-hydrogen) atoms. The lowest BCUT2D eigenvalue weighted by molar-refractivity contribution is -0.115. The first-order valence-electron chi connectivity index (χ1n) is 9.66. The minimum Gasteiger partial charge on any atom is -0.497 e. The second-order valence-electron chi connectivity index (χ2n) is 6.64. The van der Waals surface area contributed by atoms with Crippen molar-refractivity contribution >= 4 is 35.0 Å². The molecule has 0 fully saturated rings. The molecule has 0 aliphatic carbocycles. The number of carbonyl (C=O) groups excluding carboxylic acids is 2. The fraction of sp³-hybridized carbons (Fsp3) is 0.167. The second-order valence-corrected chi connectivity index (χ2v) is 7.69. The van der Waals surface area contributed by atoms with E-state index in [1.165, 1.54) is 11.8 Å². The van der Waals surface area contributed by atoms with Gasteiger partial charge in [-0.3, -0.25) is 9.59 Å². The molecule has 3 aromatic rings. The molecular formula is C24H24N2O4S. The van der Waals surface area contributed by atoms with Crippen LogP contribution in [0, 0.1) is 0 Å². The lowest BCUT2D eigenvalue weighted by Crippen LogP contribution is -2.15. The van der Waals surface area contributed by atoms with Gasteiger partial charge in [0.1, 0.15) is 11.5 Å². The van der Waals surface area contributed by atoms with Gasteiger partial charge in [-0.15, -0.1) is 11.8 Å². The summed E-state index contributed by atoms with van der Waals surface area (Å²) >= 11 is 1.40. The summed E-state index contributed by atoms with van der Waals surface area (Å²) in [7, 11) is 3.11. The van der Waals surface area contributed by atoms with Gasteiger partial charge in [0.25, 0.3) is 0 Å². The van der Waals surface area contributed by atoms with Crippen LogP contribution in [0.1, 0.15) is 5.56 Å². The summed E-state index contributed by atoms with van der Waals surface area (Å²) in [6.45, 7) is 0. The summed E-state index contributed by atoms with van der Waals surface area (Å²) in [4.78, 5) is 25.4. The van der Waals surface area contributed by atoms with Crippen LogP contribution in [0.3, 0.4) is 0 Å². The number of hydrogen-bond acceptors (Lipinski definition) is 5. The Hall–Kier alpha value is -3.45. The van der Waals surface area contributed by atoms with Gasteiger partial charge in [-0.25, -0.2) is 0 Å². The van der Waals surface area contributed by atoms with Gasteiger partial charge in [-0.05, 0) is 42.0 Å². The molecule has 0 aliphatic heterocycles. The van der Waals surface area contributed by atoms with Gasteiger partial charge in [0, 0.05) is 16.6 Å². The average molecular weight is 437 g/mol. The molecule has 3 rings (SSSR count). The third-order valence-corrected chi connectivity index (χ3v) is 5.41. The van der Waals surface area contributed by atoms with E-state index in [1.807, 2.05) is 54.6 Å². The van der Waals surface area contributed by atoms with Crippen LogP contribution < -0.4 is 20.1 Å². The highest BCUT2D eigenvalue weighted by Gasteiger charge is 2.10. The van der Waals surface area contributed by atoms with Crippen molar-refractivity contribution in [3.05, 3.63) is 78.4 Å². The summed E-state index contributed by atoms with van der Waals surface area (Å²) in [5, 5.41) is 5.73. The third-order valence-electron chi connectivity index (χ3n) is 4.40. The molecule has 0 atom stereocenters. The van der Waals surface area contributed by atoms with E-state index in [9.17, 15) is 9.59 Å². The van der Waals surface area contributed by atoms with Crippen LogP contribution >= 0.6 is 11.8 Å². The van der Waals surface area contributed by atoms with Gasteiger partial charge < -0.3 is 20.1 Å². The first kappa shape index (κ1) is 22.2. The Kier molecular flexibility index (Phi) is 7.95. The lowest BCUT2D eigenvalue weighted by atomic mass is 10.1. The van der Waals surface area contributed by atoms with Crippen molar-refractivity contribution in [2.24, 2.45) is 0 Å². The first-order valence-corrected chi connectivity index (χ1v) is 10.6. The normalized spacial score (nSPS) is 10.3. The number of methoxy groups -OCH3 is 2. The summed E-state index contributed by atoms with van der Waals surface area (Å²) in [5.74, 6) is 1.21. The molecule has 0 aromatic heterocycles. The van der Waals surface area contributed by atoms with E-state index in [4.69, 9.17) is 9.47 Å². The molecule has 3 aromatic carbocycles. The maximum absolute atomic E-state index is 12.4. The summed E-state index contributed by atoms with van der Waals surface area (Å²) < 4.78 is 10.5. The first-order chi connectivity index (χ1) is 15.1. The fourth-order valence-corrected chi connectivity index (χ4v) is 3.57. The van der Waals surface area contributed by atoms with Crippen molar-refractivity contribution in [1.29, 1.82) is 0 Å². The molecule has 0 bridgehead atoms. The number of carbonyl (C=O) groups is 2. The van der Waals surface area contributed by atoms with Crippen molar-refractivity contribution < 1.29 is 19.1 Å². The van der Waals surface area contributed by atoms with Crippen molar-refractivity contribution in [3.8, 4) is 11.5 Å². The number of nitrogens with one attached hydrogen (secondary N) is 2. The fourth-order valence-electron chi connectivity index (χ4n) is 2.87. The van der Waals surface area contributed by atoms with E-state index in [1.54, 1.807) is 32.4 Å². The highest BCUT2D eigenvalue weighted by molar-refractivity contribution is 8.00. The molecule has 0 unspecified atom stereocenters. The minimum absolute atomic E-state index is 0.0711. The van der Waals surface area contributed by atoms with Crippen molar-refractivity contribution in [3.63, 3.8) is 0 Å². The molecule has 0 radical (unpaired) electrons. The zero-order valence-electron chi connectivity index (χ0n) is 17.4. The average Bonchev–Trinajstić information content (AvgIpc) is 2.79. The molecule has 0 saturated carbocycles. The SMILES string of the molecule is COc1ccc(OC)c(NC(=O)CSc2ccc(NC(=O)Cc3ccccc3)cc2)c1. The second kappa shape index (κ2) is 11.1. The number of amides is 2. The number of ether oxygens (including phenoxy) is 2. The topological polar surface area (TPSA) is 76.7 Å². The molecule has 2 amide bonds. The molecule has 0 spiro atoms. The van der Waals surface area contributed by atoms with E-state index >= 15 is 0 Å². The Morgan fingerprint density at radius 2 is 1.58 bits per heavy atom. The zero-order valence-corrected chi connectivity index (χ0v) is 18.2. The van der Waals surface area contributed by atoms with Crippen LogP contribution in [-0.4, -0.2) is 31.8 Å². The van der Waals surface area contributed by atoms with Gasteiger partial charge in [0.05, 0.1) is 32.1 Å². The number of rotatable bonds is 9. The molecule has 2 N–H and O–H groups in total. The Morgan fingerprint density at radius 3 is 2.26 bits per heavy atom. The lowest BCUT2D eigenvalue weighted by Gasteiger charge is -2.12. The van der Waals surface area contributed by atoms with Crippen LogP contribution in [0.4, 0.5) is 11.4 Å². The molecule has 0 saturated heterocycles. The number of hydrogen-bond donors (Lipinski definition) is 2. The third kappa shape index (κ3) is 6.79. The summed E-state index contributed by atoms with van der Waals surface area (Å²) in [5.41, 5.74) is 2.24. The van der Waals surface area contributed by atoms with Gasteiger partial charge in [0.2, 0.25) is 11.8 Å². The predicted octanol–water partition coefficient (Wildman–Crippen LogP) is 4.62. The van der Waals surface area contributed by atoms with Crippen molar-refractivity contribution in [1.82, 2.24) is 0 Å². The van der Waals surface area contributed by atoms with Gasteiger partial charge >= 0.3 is 0 Å². The standard InChI is InChI=1S/C24H24N2O4S/c1-29-19-10-13-22(30-2)21(15-19)26-24(28)16-31-20-11-8-18(9-12-20)25-23(27)14-17-6-4-3-5-7-17/h3-13,15H,14,16H2,1-2H3,(H,25,27)(H,26,28). The van der Waals surface area contributed by atoms with E-state index in [0.29, 0.717) is 23.6 Å². The summed E-state index contributed by atoms with van der Waals surface area (Å²) in [6, 6.07) is 22.2. The maximum Gasteiger partial charge on any atom is 0.234 e. The zero-order chi connectivity index (χ0) is 22.1. The quantitative estimate of drug-likeness (QED) is 0.479. The summed E-state index contributed by atoms with van der Waals surface area (Å²) in [6.07, 6.45) is 0.325. The van der Waals surface area contributed by atoms with Crippen LogP contribution in [0.25, 0.3) is 0 Å². The smallest absolute Gasteiger partial charge is 0.234 e. The van der Waals surface area contributed by atoms with Crippen molar-refractivity contribution in [2.75, 3.05) is 30.6 Å². The largest absolute Gasteiger partial charge is 0.497 e. The van der Waals surface area contributed by atoms with E-state index in [0.717, 1.165) is 16.1 Å². The Balaban J connectivity index is 1.50. The van der Waals surface area contributed by atoms with Crippen LogP contribution in [-0.2, 0) is 16.0 Å². The Bertz CT molecular complexity index is 1020. The van der Waals surface area contributed by atoms with Gasteiger partial charge in [-0.1, -0.05) is 30.3 Å². The molecule has 6 nitrogen and oxygen atoms in total.